The van der Waals surface area contributed by atoms with Crippen molar-refractivity contribution in [2.45, 2.75) is 335 Å². The second kappa shape index (κ2) is 60.6. The lowest BCUT2D eigenvalue weighted by Crippen LogP contribution is -2.37. The largest absolute Gasteiger partial charge is 0.756 e. The van der Waals surface area contributed by atoms with Crippen LogP contribution >= 0.6 is 7.82 Å². The summed E-state index contributed by atoms with van der Waals surface area (Å²) in [5, 5.41) is 0. The van der Waals surface area contributed by atoms with Crippen molar-refractivity contribution in [3.8, 4) is 0 Å². The maximum absolute atomic E-state index is 12.8. The van der Waals surface area contributed by atoms with Crippen molar-refractivity contribution < 1.29 is 42.1 Å². The minimum atomic E-state index is -4.64. The number of ether oxygens (including phenoxy) is 2. The number of hydrogen-bond acceptors (Lipinski definition) is 8. The van der Waals surface area contributed by atoms with Crippen LogP contribution < -0.4 is 4.89 Å². The summed E-state index contributed by atoms with van der Waals surface area (Å²) < 4.78 is 34.3. The smallest absolute Gasteiger partial charge is 0.306 e. The lowest BCUT2D eigenvalue weighted by atomic mass is 10.0. The minimum Gasteiger partial charge on any atom is -0.756 e. The zero-order valence-electron chi connectivity index (χ0n) is 52.8. The first-order valence-electron chi connectivity index (χ1n) is 33.8. The van der Waals surface area contributed by atoms with E-state index in [-0.39, 0.29) is 32.0 Å². The van der Waals surface area contributed by atoms with Gasteiger partial charge in [-0.1, -0.05) is 313 Å². The lowest BCUT2D eigenvalue weighted by Gasteiger charge is -2.28. The molecule has 2 unspecified atom stereocenters. The number of unbranched alkanes of at least 4 members (excludes halogenated alkanes) is 41. The maximum atomic E-state index is 12.8. The van der Waals surface area contributed by atoms with Gasteiger partial charge in [0.15, 0.2) is 6.10 Å². The van der Waals surface area contributed by atoms with Crippen molar-refractivity contribution in [2.75, 3.05) is 47.5 Å². The van der Waals surface area contributed by atoms with Crippen molar-refractivity contribution in [3.63, 3.8) is 0 Å². The molecule has 10 heteroatoms. The number of phosphoric ester groups is 1. The molecule has 0 aromatic heterocycles. The van der Waals surface area contributed by atoms with Gasteiger partial charge in [-0.3, -0.25) is 14.2 Å². The number of allylic oxidation sites excluding steroid dienone is 8. The van der Waals surface area contributed by atoms with E-state index in [4.69, 9.17) is 18.5 Å². The molecule has 0 aromatic carbocycles. The lowest BCUT2D eigenvalue weighted by molar-refractivity contribution is -0.870. The number of rotatable bonds is 63. The summed E-state index contributed by atoms with van der Waals surface area (Å²) >= 11 is 0. The van der Waals surface area contributed by atoms with Gasteiger partial charge in [0.2, 0.25) is 0 Å². The standard InChI is InChI=1S/C69H130NO8P/c1-6-8-10-12-14-16-18-20-22-24-26-28-30-32-33-34-35-36-38-39-41-43-45-47-49-51-53-55-57-59-61-68(71)75-65-67(66-77-79(73,74)76-64-63-70(3,4)5)78-69(72)62-60-58-56-54-52-50-48-46-44-42-40-37-31-29-27-25-23-21-19-17-15-13-11-9-7-2/h9,11,15,17,21,23,27,29,67H,6-8,10,12-14,16,18-20,22,24-26,28,30-66H2,1-5H3/b11-9-,17-15-,23-21-,29-27-. The Morgan fingerprint density at radius 1 is 0.405 bits per heavy atom. The number of carbonyl (C=O) groups is 2. The average Bonchev–Trinajstić information content (AvgIpc) is 3.41. The predicted octanol–water partition coefficient (Wildman–Crippen LogP) is 21.0. The molecule has 0 bridgehead atoms. The Bertz CT molecular complexity index is 1470. The van der Waals surface area contributed by atoms with E-state index in [9.17, 15) is 19.0 Å². The summed E-state index contributed by atoms with van der Waals surface area (Å²) in [6, 6.07) is 0. The predicted molar refractivity (Wildman–Crippen MR) is 337 cm³/mol. The van der Waals surface area contributed by atoms with E-state index in [1.807, 2.05) is 21.1 Å². The van der Waals surface area contributed by atoms with Crippen LogP contribution in [-0.4, -0.2) is 70.0 Å². The summed E-state index contributed by atoms with van der Waals surface area (Å²) in [5.74, 6) is -0.819. The van der Waals surface area contributed by atoms with E-state index in [0.29, 0.717) is 17.4 Å². The first-order valence-corrected chi connectivity index (χ1v) is 35.3. The molecule has 0 aromatic rings. The van der Waals surface area contributed by atoms with Gasteiger partial charge in [0, 0.05) is 12.8 Å². The molecule has 0 amide bonds. The molecule has 0 aliphatic heterocycles. The molecule has 0 N–H and O–H groups in total. The molecule has 0 aliphatic rings. The third kappa shape index (κ3) is 65.0. The van der Waals surface area contributed by atoms with E-state index < -0.39 is 26.5 Å². The Morgan fingerprint density at radius 2 is 0.722 bits per heavy atom. The molecule has 0 radical (unpaired) electrons. The Morgan fingerprint density at radius 3 is 1.08 bits per heavy atom. The van der Waals surface area contributed by atoms with Crippen molar-refractivity contribution >= 4 is 19.8 Å². The highest BCUT2D eigenvalue weighted by molar-refractivity contribution is 7.45. The molecular weight excluding hydrogens is 1000 g/mol. The van der Waals surface area contributed by atoms with Gasteiger partial charge in [-0.25, -0.2) is 0 Å². The van der Waals surface area contributed by atoms with Crippen LogP contribution in [0.3, 0.4) is 0 Å². The van der Waals surface area contributed by atoms with Crippen molar-refractivity contribution in [3.05, 3.63) is 48.6 Å². The summed E-state index contributed by atoms with van der Waals surface area (Å²) in [4.78, 5) is 38.0. The maximum Gasteiger partial charge on any atom is 0.306 e. The zero-order chi connectivity index (χ0) is 57.7. The fourth-order valence-corrected chi connectivity index (χ4v) is 10.7. The molecule has 0 spiro atoms. The molecule has 0 heterocycles. The van der Waals surface area contributed by atoms with Gasteiger partial charge in [0.05, 0.1) is 27.7 Å². The highest BCUT2D eigenvalue weighted by atomic mass is 31.2. The van der Waals surface area contributed by atoms with Gasteiger partial charge in [0.25, 0.3) is 7.82 Å². The molecule has 2 atom stereocenters. The Balaban J connectivity index is 4.02. The first kappa shape index (κ1) is 77.0. The van der Waals surface area contributed by atoms with Crippen LogP contribution in [-0.2, 0) is 32.7 Å². The van der Waals surface area contributed by atoms with E-state index in [1.165, 1.54) is 231 Å². The number of hydrogen-bond donors (Lipinski definition) is 0. The van der Waals surface area contributed by atoms with Crippen LogP contribution in [0.4, 0.5) is 0 Å². The molecule has 0 aliphatic carbocycles. The molecular formula is C69H130NO8P. The first-order chi connectivity index (χ1) is 38.5. The SMILES string of the molecule is CC/C=C\C/C=C\C/C=C\C/C=C\CCCCCCCCCCCCCCC(=O)OC(COC(=O)CCCCCCCCCCCCCCCCCCCCCCCCCCCCCCCC)COP(=O)([O-])OCC[N+](C)(C)C. The highest BCUT2D eigenvalue weighted by Gasteiger charge is 2.22. The van der Waals surface area contributed by atoms with Crippen LogP contribution in [0.5, 0.6) is 0 Å². The van der Waals surface area contributed by atoms with Gasteiger partial charge in [-0.15, -0.1) is 0 Å². The number of nitrogens with zero attached hydrogens (tertiary/aromatic N) is 1. The summed E-state index contributed by atoms with van der Waals surface area (Å²) in [6.07, 6.45) is 77.6. The van der Waals surface area contributed by atoms with Gasteiger partial charge < -0.3 is 27.9 Å². The van der Waals surface area contributed by atoms with Gasteiger partial charge in [-0.2, -0.15) is 0 Å². The van der Waals surface area contributed by atoms with Gasteiger partial charge in [0.1, 0.15) is 19.8 Å². The second-order valence-electron chi connectivity index (χ2n) is 24.2. The third-order valence-electron chi connectivity index (χ3n) is 15.1. The summed E-state index contributed by atoms with van der Waals surface area (Å²) in [5.41, 5.74) is 0. The fourth-order valence-electron chi connectivity index (χ4n) is 9.95. The van der Waals surface area contributed by atoms with Gasteiger partial charge >= 0.3 is 11.9 Å². The van der Waals surface area contributed by atoms with E-state index >= 15 is 0 Å². The van der Waals surface area contributed by atoms with Crippen molar-refractivity contribution in [1.82, 2.24) is 0 Å². The minimum absolute atomic E-state index is 0.0301. The van der Waals surface area contributed by atoms with Crippen LogP contribution in [0.15, 0.2) is 48.6 Å². The molecule has 0 saturated heterocycles. The van der Waals surface area contributed by atoms with Crippen LogP contribution in [0.1, 0.15) is 328 Å². The Hall–Kier alpha value is -2.03. The van der Waals surface area contributed by atoms with E-state index in [0.717, 1.165) is 64.2 Å². The Kier molecular flexibility index (Phi) is 59.0. The Labute approximate surface area is 490 Å². The molecule has 0 fully saturated rings. The number of quaternary nitrogens is 1. The van der Waals surface area contributed by atoms with Crippen LogP contribution in [0.2, 0.25) is 0 Å². The summed E-state index contributed by atoms with van der Waals surface area (Å²) in [7, 11) is 1.18. The number of likely N-dealkylation sites (N-methyl/N-ethyl adjacent to an activating group) is 1. The topological polar surface area (TPSA) is 111 Å². The molecule has 79 heavy (non-hydrogen) atoms. The van der Waals surface area contributed by atoms with Crippen molar-refractivity contribution in [1.29, 1.82) is 0 Å². The third-order valence-corrected chi connectivity index (χ3v) is 16.1. The number of esters is 2. The highest BCUT2D eigenvalue weighted by Crippen LogP contribution is 2.38. The van der Waals surface area contributed by atoms with E-state index in [2.05, 4.69) is 62.5 Å². The molecule has 0 rings (SSSR count). The van der Waals surface area contributed by atoms with Crippen LogP contribution in [0.25, 0.3) is 0 Å². The van der Waals surface area contributed by atoms with E-state index in [1.54, 1.807) is 0 Å². The fraction of sp³-hybridized carbons (Fsp3) is 0.855. The average molecular weight is 1130 g/mol. The van der Waals surface area contributed by atoms with Crippen LogP contribution in [0, 0.1) is 0 Å². The quantitative estimate of drug-likeness (QED) is 0.0195. The van der Waals surface area contributed by atoms with Crippen molar-refractivity contribution in [2.24, 2.45) is 0 Å². The monoisotopic (exact) mass is 1130 g/mol. The zero-order valence-corrected chi connectivity index (χ0v) is 53.7. The molecule has 0 saturated carbocycles. The molecule has 9 nitrogen and oxygen atoms in total. The number of phosphoric acid groups is 1. The number of carbonyl (C=O) groups excluding carboxylic acids is 2. The molecule has 464 valence electrons. The normalized spacial score (nSPS) is 13.4. The summed E-state index contributed by atoms with van der Waals surface area (Å²) in [6.45, 7) is 4.18. The van der Waals surface area contributed by atoms with Gasteiger partial charge in [-0.05, 0) is 51.4 Å². The second-order valence-corrected chi connectivity index (χ2v) is 25.6.